The van der Waals surface area contributed by atoms with Gasteiger partial charge in [-0.15, -0.1) is 0 Å². The van der Waals surface area contributed by atoms with E-state index in [0.29, 0.717) is 6.42 Å². The summed E-state index contributed by atoms with van der Waals surface area (Å²) in [6.45, 7) is 20.1. The zero-order chi connectivity index (χ0) is 31.0. The van der Waals surface area contributed by atoms with Crippen molar-refractivity contribution in [3.05, 3.63) is 126 Å². The van der Waals surface area contributed by atoms with E-state index in [9.17, 15) is 4.79 Å². The molecule has 1 aromatic rings. The first kappa shape index (κ1) is 33.3. The van der Waals surface area contributed by atoms with Crippen LogP contribution in [0.3, 0.4) is 0 Å². The minimum atomic E-state index is -0.109. The second-order valence-corrected chi connectivity index (χ2v) is 11.1. The van der Waals surface area contributed by atoms with Crippen LogP contribution in [0.5, 0.6) is 0 Å². The fraction of sp³-hybridized carbons (Fsp3) is 0.342. The van der Waals surface area contributed by atoms with Crippen molar-refractivity contribution in [2.75, 3.05) is 13.1 Å². The van der Waals surface area contributed by atoms with E-state index in [4.69, 9.17) is 0 Å². The maximum absolute atomic E-state index is 12.6. The first-order chi connectivity index (χ1) is 20.8. The minimum Gasteiger partial charge on any atom is -0.372 e. The number of nitrogens with one attached hydrogen (secondary N) is 1. The molecule has 1 aromatic heterocycles. The number of hydrogen-bond acceptors (Lipinski definition) is 4. The van der Waals surface area contributed by atoms with Gasteiger partial charge < -0.3 is 10.2 Å². The molecule has 1 unspecified atom stereocenters. The van der Waals surface area contributed by atoms with E-state index in [1.807, 2.05) is 44.3 Å². The number of amides is 1. The summed E-state index contributed by atoms with van der Waals surface area (Å²) in [5, 5.41) is 3.08. The van der Waals surface area contributed by atoms with E-state index in [-0.39, 0.29) is 11.9 Å². The zero-order valence-electron chi connectivity index (χ0n) is 26.3. The van der Waals surface area contributed by atoms with Gasteiger partial charge >= 0.3 is 0 Å². The van der Waals surface area contributed by atoms with Crippen molar-refractivity contribution in [2.24, 2.45) is 4.99 Å². The lowest BCUT2D eigenvalue weighted by molar-refractivity contribution is -0.116. The van der Waals surface area contributed by atoms with Crippen molar-refractivity contribution in [2.45, 2.75) is 71.8 Å². The highest BCUT2D eigenvalue weighted by atomic mass is 16.1. The van der Waals surface area contributed by atoms with Gasteiger partial charge in [0.15, 0.2) is 0 Å². The predicted molar refractivity (Wildman–Crippen MR) is 185 cm³/mol. The van der Waals surface area contributed by atoms with Crippen LogP contribution in [0.15, 0.2) is 114 Å². The van der Waals surface area contributed by atoms with Crippen LogP contribution < -0.4 is 5.32 Å². The highest BCUT2D eigenvalue weighted by Gasteiger charge is 2.15. The summed E-state index contributed by atoms with van der Waals surface area (Å²) < 4.78 is 0. The summed E-state index contributed by atoms with van der Waals surface area (Å²) in [5.74, 6) is -0.109. The molecule has 1 N–H and O–H groups in total. The molecule has 0 radical (unpaired) electrons. The Bertz CT molecular complexity index is 1370. The van der Waals surface area contributed by atoms with Gasteiger partial charge in [-0.1, -0.05) is 80.2 Å². The molecule has 3 rings (SSSR count). The van der Waals surface area contributed by atoms with Crippen molar-refractivity contribution in [3.63, 3.8) is 0 Å². The molecule has 2 aliphatic rings. The molecule has 0 saturated carbocycles. The monoisotopic (exact) mass is 576 g/mol. The van der Waals surface area contributed by atoms with Crippen LogP contribution in [0.25, 0.3) is 11.6 Å². The first-order valence-corrected chi connectivity index (χ1v) is 15.4. The number of carbonyl (C=O) groups is 1. The largest absolute Gasteiger partial charge is 0.372 e. The molecule has 226 valence electrons. The second kappa shape index (κ2) is 17.6. The number of pyridine rings is 1. The molecule has 2 heterocycles. The lowest BCUT2D eigenvalue weighted by Gasteiger charge is -2.27. The standard InChI is InChI=1S/C38H48N4O/c1-7-9-16-32-27-33(28-40-36(32)8-2)30(4)15-14-17-37(39-6)31(5)26-29(3)18-23-38(43)41-34-19-21-35(22-20-34)42-24-12-10-11-13-25-42/h7-9,15,17-19,21-23,26-28,34H,2,5-6,10-14,16,20,24-25H2,1,3-4H3,(H,41,43)/b9-7-,23-18-,29-26+,30-15+,37-17+. The van der Waals surface area contributed by atoms with Crippen LogP contribution in [-0.4, -0.2) is 41.6 Å². The second-order valence-electron chi connectivity index (χ2n) is 11.1. The maximum Gasteiger partial charge on any atom is 0.244 e. The van der Waals surface area contributed by atoms with Gasteiger partial charge in [0.25, 0.3) is 0 Å². The van der Waals surface area contributed by atoms with Crippen LogP contribution in [0.2, 0.25) is 0 Å². The summed E-state index contributed by atoms with van der Waals surface area (Å²) in [6.07, 6.45) is 31.3. The van der Waals surface area contributed by atoms with E-state index < -0.39 is 0 Å². The Labute approximate surface area is 259 Å². The summed E-state index contributed by atoms with van der Waals surface area (Å²) >= 11 is 0. The smallest absolute Gasteiger partial charge is 0.244 e. The summed E-state index contributed by atoms with van der Waals surface area (Å²) in [6, 6.07) is 2.19. The van der Waals surface area contributed by atoms with Gasteiger partial charge in [0.2, 0.25) is 5.91 Å². The maximum atomic E-state index is 12.6. The molecule has 0 spiro atoms. The minimum absolute atomic E-state index is 0.0126. The van der Waals surface area contributed by atoms with Gasteiger partial charge in [0, 0.05) is 31.1 Å². The van der Waals surface area contributed by atoms with Crippen molar-refractivity contribution in [1.82, 2.24) is 15.2 Å². The molecule has 5 heteroatoms. The number of likely N-dealkylation sites (tertiary alicyclic amines) is 1. The van der Waals surface area contributed by atoms with Crippen LogP contribution in [0.1, 0.15) is 76.1 Å². The van der Waals surface area contributed by atoms with Gasteiger partial charge in [0.05, 0.1) is 17.4 Å². The van der Waals surface area contributed by atoms with E-state index in [1.165, 1.54) is 31.4 Å². The van der Waals surface area contributed by atoms with Gasteiger partial charge in [-0.25, -0.2) is 0 Å². The number of nitrogens with zero attached hydrogens (tertiary/aromatic N) is 3. The summed E-state index contributed by atoms with van der Waals surface area (Å²) in [5.41, 5.74) is 7.95. The molecule has 1 atom stereocenters. The molecule has 1 aliphatic carbocycles. The number of hydrogen-bond donors (Lipinski definition) is 1. The van der Waals surface area contributed by atoms with E-state index in [0.717, 1.165) is 65.2 Å². The van der Waals surface area contributed by atoms with Crippen LogP contribution in [0.4, 0.5) is 0 Å². The molecule has 0 aromatic carbocycles. The third kappa shape index (κ3) is 10.8. The Balaban J connectivity index is 1.53. The number of aromatic nitrogens is 1. The summed E-state index contributed by atoms with van der Waals surface area (Å²) in [4.78, 5) is 23.8. The quantitative estimate of drug-likeness (QED) is 0.111. The number of rotatable bonds is 13. The Morgan fingerprint density at radius 2 is 1.93 bits per heavy atom. The van der Waals surface area contributed by atoms with Crippen molar-refractivity contribution >= 4 is 24.3 Å². The predicted octanol–water partition coefficient (Wildman–Crippen LogP) is 8.48. The van der Waals surface area contributed by atoms with Gasteiger partial charge in [-0.2, -0.15) is 0 Å². The van der Waals surface area contributed by atoms with Crippen molar-refractivity contribution < 1.29 is 4.79 Å². The molecular weight excluding hydrogens is 528 g/mol. The van der Waals surface area contributed by atoms with Crippen LogP contribution in [0, 0.1) is 0 Å². The van der Waals surface area contributed by atoms with Gasteiger partial charge in [0.1, 0.15) is 0 Å². The zero-order valence-corrected chi connectivity index (χ0v) is 26.3. The number of allylic oxidation sites excluding steroid dienone is 9. The molecule has 1 aliphatic heterocycles. The lowest BCUT2D eigenvalue weighted by Crippen LogP contribution is -2.34. The van der Waals surface area contributed by atoms with Crippen molar-refractivity contribution in [3.8, 4) is 0 Å². The Morgan fingerprint density at radius 3 is 2.58 bits per heavy atom. The molecule has 1 saturated heterocycles. The third-order valence-corrected chi connectivity index (χ3v) is 7.74. The topological polar surface area (TPSA) is 57.6 Å². The highest BCUT2D eigenvalue weighted by Crippen LogP contribution is 2.21. The van der Waals surface area contributed by atoms with Gasteiger partial charge in [-0.3, -0.25) is 14.8 Å². The van der Waals surface area contributed by atoms with E-state index in [2.05, 4.69) is 83.4 Å². The molecule has 1 amide bonds. The van der Waals surface area contributed by atoms with Crippen LogP contribution >= 0.6 is 0 Å². The van der Waals surface area contributed by atoms with Gasteiger partial charge in [-0.05, 0) is 100 Å². The molecule has 5 nitrogen and oxygen atoms in total. The molecule has 0 bridgehead atoms. The third-order valence-electron chi connectivity index (χ3n) is 7.74. The Morgan fingerprint density at radius 1 is 1.16 bits per heavy atom. The number of aliphatic imine (C=N–C) groups is 1. The van der Waals surface area contributed by atoms with Crippen LogP contribution in [-0.2, 0) is 11.2 Å². The molecular formula is C38H48N4O. The Kier molecular flexibility index (Phi) is 13.6. The SMILES string of the molecule is C=Cc1ncc(/C(C)=C/C/C=C(/N=C)C(=C)/C=C(C)/C=C\C(=O)NC2C=CC(N3CCCCCC3)=CC2)cc1C/C=C\C. The van der Waals surface area contributed by atoms with E-state index in [1.54, 1.807) is 12.2 Å². The average molecular weight is 577 g/mol. The Hall–Kier alpha value is -4.25. The normalized spacial score (nSPS) is 18.5. The fourth-order valence-corrected chi connectivity index (χ4v) is 5.21. The fourth-order valence-electron chi connectivity index (χ4n) is 5.21. The number of carbonyl (C=O) groups excluding carboxylic acids is 1. The average Bonchev–Trinajstić information content (AvgIpc) is 3.31. The summed E-state index contributed by atoms with van der Waals surface area (Å²) in [7, 11) is 0. The van der Waals surface area contributed by atoms with E-state index >= 15 is 0 Å². The highest BCUT2D eigenvalue weighted by molar-refractivity contribution is 5.88. The molecule has 43 heavy (non-hydrogen) atoms. The van der Waals surface area contributed by atoms with Crippen molar-refractivity contribution in [1.29, 1.82) is 0 Å². The molecule has 1 fully saturated rings. The first-order valence-electron chi connectivity index (χ1n) is 15.4. The lowest BCUT2D eigenvalue weighted by atomic mass is 10.0.